The zero-order valence-corrected chi connectivity index (χ0v) is 13.6. The standard InChI is InChI=1S/C23H16N2/c1-2-11-18(12-3-1)25-22-16-7-6-15-21(22)24-23(25)20-14-8-10-17-9-4-5-13-19(17)20/h1-16H. The zero-order valence-electron chi connectivity index (χ0n) is 13.6. The van der Waals surface area contributed by atoms with E-state index in [4.69, 9.17) is 4.98 Å². The molecule has 0 fully saturated rings. The summed E-state index contributed by atoms with van der Waals surface area (Å²) in [4.78, 5) is 4.97. The van der Waals surface area contributed by atoms with Crippen molar-refractivity contribution in [2.45, 2.75) is 0 Å². The average Bonchev–Trinajstić information content (AvgIpc) is 3.07. The predicted molar refractivity (Wildman–Crippen MR) is 104 cm³/mol. The molecule has 4 aromatic carbocycles. The summed E-state index contributed by atoms with van der Waals surface area (Å²) in [5.74, 6) is 0.976. The molecule has 0 saturated heterocycles. The fourth-order valence-electron chi connectivity index (χ4n) is 3.47. The molecule has 1 aromatic heterocycles. The summed E-state index contributed by atoms with van der Waals surface area (Å²) in [5.41, 5.74) is 4.41. The Bertz CT molecular complexity index is 1180. The molecule has 0 N–H and O–H groups in total. The second-order valence-electron chi connectivity index (χ2n) is 6.12. The van der Waals surface area contributed by atoms with E-state index in [0.29, 0.717) is 0 Å². The first kappa shape index (κ1) is 14.0. The van der Waals surface area contributed by atoms with E-state index >= 15 is 0 Å². The van der Waals surface area contributed by atoms with Gasteiger partial charge in [-0.2, -0.15) is 0 Å². The van der Waals surface area contributed by atoms with Gasteiger partial charge in [0.25, 0.3) is 0 Å². The average molecular weight is 320 g/mol. The molecule has 5 rings (SSSR count). The van der Waals surface area contributed by atoms with E-state index in [0.717, 1.165) is 28.1 Å². The van der Waals surface area contributed by atoms with Crippen molar-refractivity contribution in [3.8, 4) is 17.1 Å². The zero-order chi connectivity index (χ0) is 16.6. The van der Waals surface area contributed by atoms with E-state index in [-0.39, 0.29) is 0 Å². The Hall–Kier alpha value is -3.39. The summed E-state index contributed by atoms with van der Waals surface area (Å²) in [5, 5.41) is 2.45. The van der Waals surface area contributed by atoms with E-state index < -0.39 is 0 Å². The summed E-state index contributed by atoms with van der Waals surface area (Å²) >= 11 is 0. The molecule has 0 amide bonds. The van der Waals surface area contributed by atoms with E-state index in [9.17, 15) is 0 Å². The summed E-state index contributed by atoms with van der Waals surface area (Å²) in [6.45, 7) is 0. The number of hydrogen-bond donors (Lipinski definition) is 0. The van der Waals surface area contributed by atoms with Crippen LogP contribution < -0.4 is 0 Å². The van der Waals surface area contributed by atoms with Crippen LogP contribution in [-0.2, 0) is 0 Å². The summed E-state index contributed by atoms with van der Waals surface area (Å²) in [6.07, 6.45) is 0. The highest BCUT2D eigenvalue weighted by Crippen LogP contribution is 2.32. The first-order valence-electron chi connectivity index (χ1n) is 8.43. The highest BCUT2D eigenvalue weighted by molar-refractivity contribution is 5.97. The van der Waals surface area contributed by atoms with Gasteiger partial charge >= 0.3 is 0 Å². The predicted octanol–water partition coefficient (Wildman–Crippen LogP) is 5.85. The van der Waals surface area contributed by atoms with Crippen molar-refractivity contribution in [1.82, 2.24) is 9.55 Å². The molecule has 118 valence electrons. The first-order valence-corrected chi connectivity index (χ1v) is 8.43. The molecule has 0 radical (unpaired) electrons. The molecule has 0 atom stereocenters. The van der Waals surface area contributed by atoms with Gasteiger partial charge in [0.1, 0.15) is 5.82 Å². The molecule has 0 bridgehead atoms. The molecule has 2 nitrogen and oxygen atoms in total. The minimum atomic E-state index is 0.976. The monoisotopic (exact) mass is 320 g/mol. The lowest BCUT2D eigenvalue weighted by molar-refractivity contribution is 1.11. The number of aromatic nitrogens is 2. The SMILES string of the molecule is c1ccc(-n2c(-c3cccc4ccccc34)nc3ccccc32)cc1. The van der Waals surface area contributed by atoms with Crippen molar-refractivity contribution in [2.24, 2.45) is 0 Å². The molecule has 0 aliphatic heterocycles. The number of rotatable bonds is 2. The van der Waals surface area contributed by atoms with E-state index in [1.54, 1.807) is 0 Å². The second kappa shape index (κ2) is 5.60. The lowest BCUT2D eigenvalue weighted by atomic mass is 10.0. The smallest absolute Gasteiger partial charge is 0.146 e. The maximum Gasteiger partial charge on any atom is 0.146 e. The lowest BCUT2D eigenvalue weighted by Crippen LogP contribution is -1.97. The quantitative estimate of drug-likeness (QED) is 0.399. The van der Waals surface area contributed by atoms with Crippen LogP contribution >= 0.6 is 0 Å². The Balaban J connectivity index is 1.91. The Morgan fingerprint density at radius 1 is 0.600 bits per heavy atom. The third kappa shape index (κ3) is 2.23. The third-order valence-corrected chi connectivity index (χ3v) is 4.61. The minimum Gasteiger partial charge on any atom is -0.292 e. The van der Waals surface area contributed by atoms with Gasteiger partial charge in [-0.05, 0) is 35.0 Å². The van der Waals surface area contributed by atoms with Crippen LogP contribution in [0.15, 0.2) is 97.1 Å². The van der Waals surface area contributed by atoms with Crippen molar-refractivity contribution in [1.29, 1.82) is 0 Å². The molecule has 0 aliphatic carbocycles. The third-order valence-electron chi connectivity index (χ3n) is 4.61. The summed E-state index contributed by atoms with van der Waals surface area (Å²) in [6, 6.07) is 33.6. The van der Waals surface area contributed by atoms with Crippen LogP contribution in [0.1, 0.15) is 0 Å². The molecule has 1 heterocycles. The topological polar surface area (TPSA) is 17.8 Å². The first-order chi connectivity index (χ1) is 12.4. The fourth-order valence-corrected chi connectivity index (χ4v) is 3.47. The van der Waals surface area contributed by atoms with Crippen molar-refractivity contribution in [3.63, 3.8) is 0 Å². The van der Waals surface area contributed by atoms with Crippen molar-refractivity contribution in [3.05, 3.63) is 97.1 Å². The Labute approximate surface area is 146 Å². The van der Waals surface area contributed by atoms with Crippen LogP contribution in [0, 0.1) is 0 Å². The van der Waals surface area contributed by atoms with Gasteiger partial charge in [0.2, 0.25) is 0 Å². The Morgan fingerprint density at radius 3 is 2.24 bits per heavy atom. The van der Waals surface area contributed by atoms with Crippen molar-refractivity contribution >= 4 is 21.8 Å². The largest absolute Gasteiger partial charge is 0.292 e. The van der Waals surface area contributed by atoms with Crippen LogP contribution in [0.2, 0.25) is 0 Å². The Morgan fingerprint density at radius 2 is 1.32 bits per heavy atom. The second-order valence-corrected chi connectivity index (χ2v) is 6.12. The summed E-state index contributed by atoms with van der Waals surface area (Å²) < 4.78 is 2.25. The van der Waals surface area contributed by atoms with Crippen LogP contribution in [0.3, 0.4) is 0 Å². The van der Waals surface area contributed by atoms with Gasteiger partial charge in [0, 0.05) is 11.3 Å². The maximum absolute atomic E-state index is 4.97. The fraction of sp³-hybridized carbons (Fsp3) is 0. The molecule has 5 aromatic rings. The van der Waals surface area contributed by atoms with Gasteiger partial charge in [-0.1, -0.05) is 72.8 Å². The van der Waals surface area contributed by atoms with Gasteiger partial charge in [-0.25, -0.2) is 4.98 Å². The van der Waals surface area contributed by atoms with Crippen LogP contribution in [0.25, 0.3) is 38.9 Å². The highest BCUT2D eigenvalue weighted by Gasteiger charge is 2.15. The molecule has 0 unspecified atom stereocenters. The van der Waals surface area contributed by atoms with Gasteiger partial charge in [0.05, 0.1) is 11.0 Å². The molecule has 0 spiro atoms. The normalized spacial score (nSPS) is 11.2. The van der Waals surface area contributed by atoms with Crippen LogP contribution in [0.5, 0.6) is 0 Å². The number of benzene rings is 4. The van der Waals surface area contributed by atoms with E-state index in [1.165, 1.54) is 10.8 Å². The number of para-hydroxylation sites is 3. The summed E-state index contributed by atoms with van der Waals surface area (Å²) in [7, 11) is 0. The molecule has 25 heavy (non-hydrogen) atoms. The lowest BCUT2D eigenvalue weighted by Gasteiger charge is -2.11. The van der Waals surface area contributed by atoms with Gasteiger partial charge in [0.15, 0.2) is 0 Å². The molecule has 0 aliphatic rings. The van der Waals surface area contributed by atoms with Gasteiger partial charge in [-0.15, -0.1) is 0 Å². The van der Waals surface area contributed by atoms with Crippen molar-refractivity contribution < 1.29 is 0 Å². The van der Waals surface area contributed by atoms with E-state index in [2.05, 4.69) is 89.5 Å². The van der Waals surface area contributed by atoms with Crippen LogP contribution in [0.4, 0.5) is 0 Å². The highest BCUT2D eigenvalue weighted by atomic mass is 15.1. The number of fused-ring (bicyclic) bond motifs is 2. The number of imidazole rings is 1. The molecule has 2 heteroatoms. The number of hydrogen-bond acceptors (Lipinski definition) is 1. The molecule has 0 saturated carbocycles. The van der Waals surface area contributed by atoms with Gasteiger partial charge in [-0.3, -0.25) is 4.57 Å². The molecular formula is C23H16N2. The Kier molecular flexibility index (Phi) is 3.14. The number of nitrogens with zero attached hydrogens (tertiary/aromatic N) is 2. The minimum absolute atomic E-state index is 0.976. The van der Waals surface area contributed by atoms with E-state index in [1.807, 2.05) is 12.1 Å². The molecular weight excluding hydrogens is 304 g/mol. The van der Waals surface area contributed by atoms with Crippen LogP contribution in [-0.4, -0.2) is 9.55 Å². The van der Waals surface area contributed by atoms with Crippen molar-refractivity contribution in [2.75, 3.05) is 0 Å². The van der Waals surface area contributed by atoms with Gasteiger partial charge < -0.3 is 0 Å². The maximum atomic E-state index is 4.97.